The Morgan fingerprint density at radius 2 is 1.71 bits per heavy atom. The van der Waals surface area contributed by atoms with E-state index in [2.05, 4.69) is 59.2 Å². The van der Waals surface area contributed by atoms with Crippen molar-refractivity contribution in [2.24, 2.45) is 5.92 Å². The van der Waals surface area contributed by atoms with Gasteiger partial charge in [-0.25, -0.2) is 9.97 Å². The zero-order valence-corrected chi connectivity index (χ0v) is 33.2. The largest absolute Gasteiger partial charge is 0.494 e. The number of benzene rings is 2. The molecule has 2 aromatic carbocycles. The molecule has 58 heavy (non-hydrogen) atoms. The Hall–Kier alpha value is -5.28. The zero-order valence-electron chi connectivity index (χ0n) is 33.2. The number of fused-ring (bicyclic) bond motifs is 2. The predicted molar refractivity (Wildman–Crippen MR) is 216 cm³/mol. The van der Waals surface area contributed by atoms with E-state index in [-0.39, 0.29) is 29.9 Å². The molecule has 1 unspecified atom stereocenters. The van der Waals surface area contributed by atoms with Crippen molar-refractivity contribution in [3.05, 3.63) is 53.9 Å². The Morgan fingerprint density at radius 3 is 2.47 bits per heavy atom. The number of aromatic nitrogens is 4. The van der Waals surface area contributed by atoms with E-state index < -0.39 is 11.9 Å². The van der Waals surface area contributed by atoms with E-state index in [1.165, 1.54) is 0 Å². The minimum absolute atomic E-state index is 0.0444. The number of hydrogen-bond donors (Lipinski definition) is 2. The molecule has 304 valence electrons. The lowest BCUT2D eigenvalue weighted by Gasteiger charge is -2.43. The normalized spacial score (nSPS) is 24.8. The number of carbonyl (C=O) groups excluding carboxylic acids is 3. The van der Waals surface area contributed by atoms with Crippen LogP contribution in [0.2, 0.25) is 0 Å². The first-order valence-electron chi connectivity index (χ1n) is 20.9. The number of imide groups is 1. The predicted octanol–water partition coefficient (Wildman–Crippen LogP) is 4.31. The first kappa shape index (κ1) is 37.0. The van der Waals surface area contributed by atoms with Crippen molar-refractivity contribution < 1.29 is 28.6 Å². The van der Waals surface area contributed by atoms with Crippen LogP contribution in [0.25, 0.3) is 22.3 Å². The fraction of sp³-hybridized carbons (Fsp3) is 0.535. The molecular formula is C43H51N9O6. The number of piperidine rings is 2. The van der Waals surface area contributed by atoms with Crippen LogP contribution in [0, 0.1) is 5.92 Å². The maximum absolute atomic E-state index is 13.3. The van der Waals surface area contributed by atoms with Gasteiger partial charge in [0.25, 0.3) is 5.91 Å². The van der Waals surface area contributed by atoms with E-state index in [0.717, 1.165) is 129 Å². The quantitative estimate of drug-likeness (QED) is 0.208. The topological polar surface area (TPSA) is 158 Å². The van der Waals surface area contributed by atoms with Gasteiger partial charge < -0.3 is 28.9 Å². The van der Waals surface area contributed by atoms with Crippen molar-refractivity contribution in [1.82, 2.24) is 35.3 Å². The second kappa shape index (κ2) is 14.8. The van der Waals surface area contributed by atoms with Crippen LogP contribution in [-0.2, 0) is 20.9 Å². The lowest BCUT2D eigenvalue weighted by molar-refractivity contribution is -0.136. The highest BCUT2D eigenvalue weighted by atomic mass is 16.5. The highest BCUT2D eigenvalue weighted by Gasteiger charge is 2.42. The van der Waals surface area contributed by atoms with E-state index >= 15 is 0 Å². The summed E-state index contributed by atoms with van der Waals surface area (Å²) in [5, 5.41) is 11.1. The van der Waals surface area contributed by atoms with Crippen LogP contribution in [0.15, 0.2) is 42.7 Å². The third-order valence-electron chi connectivity index (χ3n) is 13.2. The molecule has 3 saturated heterocycles. The Morgan fingerprint density at radius 1 is 0.897 bits per heavy atom. The molecule has 2 aromatic heterocycles. The van der Waals surface area contributed by atoms with Gasteiger partial charge in [-0.05, 0) is 88.1 Å². The monoisotopic (exact) mass is 789 g/mol. The van der Waals surface area contributed by atoms with Gasteiger partial charge in [-0.1, -0.05) is 0 Å². The highest BCUT2D eigenvalue weighted by Crippen LogP contribution is 2.43. The fourth-order valence-corrected chi connectivity index (χ4v) is 9.51. The minimum Gasteiger partial charge on any atom is -0.494 e. The second-order valence-electron chi connectivity index (χ2n) is 17.2. The number of ether oxygens (including phenoxy) is 3. The summed E-state index contributed by atoms with van der Waals surface area (Å²) < 4.78 is 18.8. The SMILES string of the molecule is COc1c(N2CCC(OC3CC(CN4CCN(c5cc(-c6[nH]nc7ccc(OC8(C)CC8)cc67)ncn5)CC4)C3)CC2)ccc2c1CN(C1CCC(=O)NC1=O)C2=O. The van der Waals surface area contributed by atoms with E-state index in [1.807, 2.05) is 24.3 Å². The van der Waals surface area contributed by atoms with Crippen LogP contribution in [-0.4, -0.2) is 124 Å². The molecule has 15 nitrogen and oxygen atoms in total. The lowest BCUT2D eigenvalue weighted by Crippen LogP contribution is -2.52. The van der Waals surface area contributed by atoms with Crippen molar-refractivity contribution in [2.45, 2.75) is 88.7 Å². The van der Waals surface area contributed by atoms with Gasteiger partial charge in [0, 0.05) is 74.8 Å². The van der Waals surface area contributed by atoms with Crippen LogP contribution < -0.4 is 24.6 Å². The molecule has 4 aliphatic heterocycles. The third kappa shape index (κ3) is 7.12. The number of rotatable bonds is 11. The molecule has 10 rings (SSSR count). The summed E-state index contributed by atoms with van der Waals surface area (Å²) in [6.07, 6.45) is 9.02. The third-order valence-corrected chi connectivity index (χ3v) is 13.2. The van der Waals surface area contributed by atoms with Crippen LogP contribution >= 0.6 is 0 Å². The Balaban J connectivity index is 0.678. The molecule has 15 heteroatoms. The first-order chi connectivity index (χ1) is 28.2. The number of hydrogen-bond acceptors (Lipinski definition) is 12. The number of carbonyl (C=O) groups is 3. The van der Waals surface area contributed by atoms with Gasteiger partial charge in [-0.2, -0.15) is 5.10 Å². The Bertz CT molecular complexity index is 2240. The van der Waals surface area contributed by atoms with Gasteiger partial charge in [0.1, 0.15) is 35.3 Å². The molecule has 0 bridgehead atoms. The summed E-state index contributed by atoms with van der Waals surface area (Å²) in [6, 6.07) is 11.3. The number of methoxy groups -OCH3 is 1. The molecule has 0 spiro atoms. The van der Waals surface area contributed by atoms with Gasteiger partial charge in [0.2, 0.25) is 11.8 Å². The summed E-state index contributed by atoms with van der Waals surface area (Å²) in [7, 11) is 1.64. The minimum atomic E-state index is -0.652. The Labute approximate surface area is 337 Å². The molecule has 1 atom stereocenters. The van der Waals surface area contributed by atoms with E-state index in [4.69, 9.17) is 14.2 Å². The van der Waals surface area contributed by atoms with Crippen molar-refractivity contribution in [3.63, 3.8) is 0 Å². The number of nitrogens with one attached hydrogen (secondary N) is 2. The van der Waals surface area contributed by atoms with Crippen LogP contribution in [0.5, 0.6) is 11.5 Å². The van der Waals surface area contributed by atoms with Crippen LogP contribution in [0.1, 0.15) is 74.2 Å². The average molecular weight is 790 g/mol. The van der Waals surface area contributed by atoms with Crippen molar-refractivity contribution in [2.75, 3.05) is 62.7 Å². The molecule has 6 aliphatic rings. The maximum atomic E-state index is 13.3. The van der Waals surface area contributed by atoms with E-state index in [1.54, 1.807) is 18.3 Å². The van der Waals surface area contributed by atoms with Gasteiger partial charge >= 0.3 is 0 Å². The summed E-state index contributed by atoms with van der Waals surface area (Å²) >= 11 is 0. The van der Waals surface area contributed by atoms with Gasteiger partial charge in [-0.3, -0.25) is 29.7 Å². The summed E-state index contributed by atoms with van der Waals surface area (Å²) in [6.45, 7) is 9.07. The molecule has 5 fully saturated rings. The van der Waals surface area contributed by atoms with Gasteiger partial charge in [-0.15, -0.1) is 0 Å². The van der Waals surface area contributed by atoms with Crippen molar-refractivity contribution in [1.29, 1.82) is 0 Å². The number of H-pyrrole nitrogens is 1. The molecule has 0 radical (unpaired) electrons. The molecule has 2 N–H and O–H groups in total. The second-order valence-corrected chi connectivity index (χ2v) is 17.2. The number of anilines is 2. The van der Waals surface area contributed by atoms with Gasteiger partial charge in [0.15, 0.2) is 0 Å². The average Bonchev–Trinajstić information content (AvgIpc) is 3.64. The summed E-state index contributed by atoms with van der Waals surface area (Å²) in [5.41, 5.74) is 4.90. The number of amides is 3. The highest BCUT2D eigenvalue weighted by molar-refractivity contribution is 6.06. The lowest BCUT2D eigenvalue weighted by atomic mass is 9.81. The van der Waals surface area contributed by atoms with E-state index in [0.29, 0.717) is 36.3 Å². The van der Waals surface area contributed by atoms with Crippen LogP contribution in [0.4, 0.5) is 11.5 Å². The molecule has 4 aromatic rings. The fourth-order valence-electron chi connectivity index (χ4n) is 9.51. The van der Waals surface area contributed by atoms with Crippen LogP contribution in [0.3, 0.4) is 0 Å². The zero-order chi connectivity index (χ0) is 39.5. The molecular weight excluding hydrogens is 739 g/mol. The number of piperazine rings is 1. The maximum Gasteiger partial charge on any atom is 0.255 e. The molecule has 2 aliphatic carbocycles. The summed E-state index contributed by atoms with van der Waals surface area (Å²) in [4.78, 5) is 55.7. The summed E-state index contributed by atoms with van der Waals surface area (Å²) in [5.74, 6) is 2.26. The van der Waals surface area contributed by atoms with Crippen molar-refractivity contribution in [3.8, 4) is 22.9 Å². The smallest absolute Gasteiger partial charge is 0.255 e. The number of aromatic amines is 1. The number of nitrogens with zero attached hydrogens (tertiary/aromatic N) is 7. The Kier molecular flexibility index (Phi) is 9.47. The van der Waals surface area contributed by atoms with E-state index in [9.17, 15) is 14.4 Å². The first-order valence-corrected chi connectivity index (χ1v) is 20.9. The standard InChI is InChI=1S/C43H51N9O6/c1-43(11-12-43)58-28-3-5-33-31(21-28)39(48-47-33)34-22-37(45-25-44-34)51-17-15-49(16-18-51)23-26-19-29(20-26)57-27-9-13-50(14-10-27)35-6-4-30-32(40(35)56-2)24-52(42(30)55)36-7-8-38(53)46-41(36)54/h3-6,21-22,25-27,29,36H,7-20,23-24H2,1-2H3,(H,47,48)(H,46,53,54). The molecule has 3 amide bonds. The molecule has 6 heterocycles. The van der Waals surface area contributed by atoms with Gasteiger partial charge in [0.05, 0.1) is 48.5 Å². The van der Waals surface area contributed by atoms with Crippen molar-refractivity contribution >= 4 is 40.1 Å². The molecule has 2 saturated carbocycles.